The van der Waals surface area contributed by atoms with Crippen LogP contribution in [0.2, 0.25) is 0 Å². The molecular weight excluding hydrogens is 210 g/mol. The van der Waals surface area contributed by atoms with Crippen molar-refractivity contribution in [3.63, 3.8) is 0 Å². The molecule has 0 aromatic heterocycles. The number of rotatable bonds is 3. The molecule has 1 aliphatic carbocycles. The van der Waals surface area contributed by atoms with Crippen molar-refractivity contribution in [3.8, 4) is 0 Å². The second-order valence-electron chi connectivity index (χ2n) is 6.16. The van der Waals surface area contributed by atoms with Gasteiger partial charge in [-0.3, -0.25) is 4.90 Å². The van der Waals surface area contributed by atoms with E-state index in [9.17, 15) is 5.11 Å². The predicted octanol–water partition coefficient (Wildman–Crippen LogP) is 2.43. The average molecular weight is 231 g/mol. The lowest BCUT2D eigenvalue weighted by Crippen LogP contribution is -2.22. The van der Waals surface area contributed by atoms with Crippen LogP contribution in [0.5, 0.6) is 0 Å². The second kappa shape index (κ2) is 3.82. The third kappa shape index (κ3) is 2.00. The number of aliphatic hydroxyl groups excluding tert-OH is 1. The number of benzene rings is 1. The molecule has 1 saturated carbocycles. The van der Waals surface area contributed by atoms with Crippen LogP contribution >= 0.6 is 0 Å². The molecule has 0 amide bonds. The van der Waals surface area contributed by atoms with Crippen LogP contribution in [0.15, 0.2) is 18.2 Å². The van der Waals surface area contributed by atoms with Gasteiger partial charge in [-0.15, -0.1) is 0 Å². The highest BCUT2D eigenvalue weighted by atomic mass is 16.3. The zero-order valence-corrected chi connectivity index (χ0v) is 10.7. The van der Waals surface area contributed by atoms with E-state index in [0.717, 1.165) is 19.1 Å². The zero-order chi connectivity index (χ0) is 12.0. The lowest BCUT2D eigenvalue weighted by atomic mass is 9.84. The molecule has 92 valence electrons. The molecule has 17 heavy (non-hydrogen) atoms. The summed E-state index contributed by atoms with van der Waals surface area (Å²) in [6.45, 7) is 6.64. The van der Waals surface area contributed by atoms with Gasteiger partial charge in [-0.05, 0) is 29.5 Å². The fraction of sp³-hybridized carbons (Fsp3) is 0.600. The van der Waals surface area contributed by atoms with Crippen molar-refractivity contribution in [1.82, 2.24) is 4.90 Å². The van der Waals surface area contributed by atoms with Crippen LogP contribution < -0.4 is 0 Å². The molecular formula is C15H21NO. The summed E-state index contributed by atoms with van der Waals surface area (Å²) >= 11 is 0. The van der Waals surface area contributed by atoms with E-state index in [2.05, 4.69) is 36.9 Å². The monoisotopic (exact) mass is 231 g/mol. The Hall–Kier alpha value is -0.860. The van der Waals surface area contributed by atoms with Crippen LogP contribution in [0.3, 0.4) is 0 Å². The highest BCUT2D eigenvalue weighted by Gasteiger charge is 2.33. The molecule has 1 fully saturated rings. The summed E-state index contributed by atoms with van der Waals surface area (Å²) < 4.78 is 0. The van der Waals surface area contributed by atoms with Crippen molar-refractivity contribution in [1.29, 1.82) is 0 Å². The molecule has 2 heteroatoms. The van der Waals surface area contributed by atoms with Crippen molar-refractivity contribution in [3.05, 3.63) is 34.9 Å². The van der Waals surface area contributed by atoms with Gasteiger partial charge in [0.2, 0.25) is 0 Å². The maximum atomic E-state index is 9.44. The van der Waals surface area contributed by atoms with Gasteiger partial charge in [0.05, 0.1) is 6.61 Å². The van der Waals surface area contributed by atoms with Gasteiger partial charge in [0.15, 0.2) is 0 Å². The van der Waals surface area contributed by atoms with Gasteiger partial charge in [0.1, 0.15) is 0 Å². The van der Waals surface area contributed by atoms with E-state index in [1.807, 2.05) is 0 Å². The molecule has 0 saturated heterocycles. The fourth-order valence-corrected chi connectivity index (χ4v) is 2.63. The molecule has 0 spiro atoms. The third-order valence-electron chi connectivity index (χ3n) is 4.19. The number of fused-ring (bicyclic) bond motifs is 1. The quantitative estimate of drug-likeness (QED) is 0.863. The lowest BCUT2D eigenvalue weighted by Gasteiger charge is -2.22. The minimum atomic E-state index is -0.123. The Bertz CT molecular complexity index is 435. The summed E-state index contributed by atoms with van der Waals surface area (Å²) in [7, 11) is 0. The first-order valence-corrected chi connectivity index (χ1v) is 6.57. The van der Waals surface area contributed by atoms with E-state index in [-0.39, 0.29) is 12.0 Å². The third-order valence-corrected chi connectivity index (χ3v) is 4.19. The van der Waals surface area contributed by atoms with Crippen LogP contribution in [0.25, 0.3) is 0 Å². The normalized spacial score (nSPS) is 20.6. The Morgan fingerprint density at radius 2 is 1.94 bits per heavy atom. The van der Waals surface area contributed by atoms with Gasteiger partial charge >= 0.3 is 0 Å². The molecule has 1 aliphatic heterocycles. The number of hydrogen-bond donors (Lipinski definition) is 1. The first-order chi connectivity index (χ1) is 8.10. The van der Waals surface area contributed by atoms with Crippen molar-refractivity contribution in [2.75, 3.05) is 6.61 Å². The van der Waals surface area contributed by atoms with E-state index >= 15 is 0 Å². The standard InChI is InChI=1S/C15H21NO/c1-15(2,10-17)13-4-3-11-8-16(14-5-6-14)9-12(11)7-13/h3-4,7,14,17H,5-6,8-10H2,1-2H3. The molecule has 1 heterocycles. The van der Waals surface area contributed by atoms with Crippen LogP contribution in [0, 0.1) is 0 Å². The SMILES string of the molecule is CC(C)(CO)c1ccc2c(c1)CN(C1CC1)C2. The van der Waals surface area contributed by atoms with Gasteiger partial charge in [-0.2, -0.15) is 0 Å². The minimum absolute atomic E-state index is 0.123. The summed E-state index contributed by atoms with van der Waals surface area (Å²) in [5.41, 5.74) is 4.09. The highest BCUT2D eigenvalue weighted by Crippen LogP contribution is 2.36. The van der Waals surface area contributed by atoms with Crippen LogP contribution in [0.4, 0.5) is 0 Å². The molecule has 3 rings (SSSR count). The molecule has 2 nitrogen and oxygen atoms in total. The van der Waals surface area contributed by atoms with E-state index in [1.165, 1.54) is 29.5 Å². The molecule has 1 N–H and O–H groups in total. The van der Waals surface area contributed by atoms with E-state index in [1.54, 1.807) is 0 Å². The highest BCUT2D eigenvalue weighted by molar-refractivity contribution is 5.38. The summed E-state index contributed by atoms with van der Waals surface area (Å²) in [6, 6.07) is 7.58. The summed E-state index contributed by atoms with van der Waals surface area (Å²) in [4.78, 5) is 2.58. The molecule has 1 aromatic carbocycles. The van der Waals surface area contributed by atoms with E-state index < -0.39 is 0 Å². The summed E-state index contributed by atoms with van der Waals surface area (Å²) in [6.07, 6.45) is 2.76. The molecule has 0 atom stereocenters. The topological polar surface area (TPSA) is 23.5 Å². The summed E-state index contributed by atoms with van der Waals surface area (Å²) in [5.74, 6) is 0. The van der Waals surface area contributed by atoms with E-state index in [4.69, 9.17) is 0 Å². The Balaban J connectivity index is 1.86. The number of aliphatic hydroxyl groups is 1. The van der Waals surface area contributed by atoms with Crippen LogP contribution in [0.1, 0.15) is 43.4 Å². The number of hydrogen-bond acceptors (Lipinski definition) is 2. The van der Waals surface area contributed by atoms with Gasteiger partial charge in [-0.25, -0.2) is 0 Å². The zero-order valence-electron chi connectivity index (χ0n) is 10.7. The molecule has 1 aromatic rings. The first-order valence-electron chi connectivity index (χ1n) is 6.57. The van der Waals surface area contributed by atoms with E-state index in [0.29, 0.717) is 0 Å². The van der Waals surface area contributed by atoms with Crippen LogP contribution in [-0.4, -0.2) is 22.7 Å². The van der Waals surface area contributed by atoms with Crippen molar-refractivity contribution in [2.45, 2.75) is 51.2 Å². The second-order valence-corrected chi connectivity index (χ2v) is 6.16. The van der Waals surface area contributed by atoms with Gasteiger partial charge in [0.25, 0.3) is 0 Å². The maximum absolute atomic E-state index is 9.44. The molecule has 0 bridgehead atoms. The maximum Gasteiger partial charge on any atom is 0.0522 e. The first kappa shape index (κ1) is 11.2. The molecule has 2 aliphatic rings. The van der Waals surface area contributed by atoms with Crippen molar-refractivity contribution < 1.29 is 5.11 Å². The smallest absolute Gasteiger partial charge is 0.0522 e. The lowest BCUT2D eigenvalue weighted by molar-refractivity contribution is 0.218. The Kier molecular flexibility index (Phi) is 2.53. The van der Waals surface area contributed by atoms with Crippen molar-refractivity contribution >= 4 is 0 Å². The Morgan fingerprint density at radius 1 is 1.24 bits per heavy atom. The fourth-order valence-electron chi connectivity index (χ4n) is 2.63. The minimum Gasteiger partial charge on any atom is -0.395 e. The van der Waals surface area contributed by atoms with Gasteiger partial charge < -0.3 is 5.11 Å². The van der Waals surface area contributed by atoms with Crippen LogP contribution in [-0.2, 0) is 18.5 Å². The molecule has 0 radical (unpaired) electrons. The Labute approximate surface area is 103 Å². The predicted molar refractivity (Wildman–Crippen MR) is 68.8 cm³/mol. The van der Waals surface area contributed by atoms with Gasteiger partial charge in [-0.1, -0.05) is 32.0 Å². The van der Waals surface area contributed by atoms with Crippen molar-refractivity contribution in [2.24, 2.45) is 0 Å². The average Bonchev–Trinajstić information content (AvgIpc) is 3.08. The Morgan fingerprint density at radius 3 is 2.59 bits per heavy atom. The summed E-state index contributed by atoms with van der Waals surface area (Å²) in [5, 5.41) is 9.44. The molecule has 0 unspecified atom stereocenters. The van der Waals surface area contributed by atoms with Gasteiger partial charge in [0, 0.05) is 24.5 Å². The number of nitrogens with zero attached hydrogens (tertiary/aromatic N) is 1. The largest absolute Gasteiger partial charge is 0.395 e.